The summed E-state index contributed by atoms with van der Waals surface area (Å²) >= 11 is 0. The second kappa shape index (κ2) is 6.48. The number of carbonyl (C=O) groups is 2. The van der Waals surface area contributed by atoms with Crippen molar-refractivity contribution >= 4 is 17.5 Å². The van der Waals surface area contributed by atoms with E-state index in [4.69, 9.17) is 5.73 Å². The van der Waals surface area contributed by atoms with Crippen LogP contribution in [0.3, 0.4) is 0 Å². The van der Waals surface area contributed by atoms with Gasteiger partial charge < -0.3 is 16.0 Å². The van der Waals surface area contributed by atoms with Gasteiger partial charge in [0.2, 0.25) is 11.8 Å². The summed E-state index contributed by atoms with van der Waals surface area (Å²) in [5.41, 5.74) is 8.75. The topological polar surface area (TPSA) is 75.4 Å². The van der Waals surface area contributed by atoms with Crippen molar-refractivity contribution in [2.45, 2.75) is 24.2 Å². The van der Waals surface area contributed by atoms with Gasteiger partial charge in [-0.25, -0.2) is 0 Å². The summed E-state index contributed by atoms with van der Waals surface area (Å²) in [6.07, 6.45) is 2.21. The Hall–Kier alpha value is -2.82. The van der Waals surface area contributed by atoms with Crippen molar-refractivity contribution in [1.82, 2.24) is 5.32 Å². The molecule has 1 saturated carbocycles. The van der Waals surface area contributed by atoms with Crippen LogP contribution in [0.4, 0.5) is 5.69 Å². The van der Waals surface area contributed by atoms with Crippen molar-refractivity contribution in [3.63, 3.8) is 0 Å². The van der Waals surface area contributed by atoms with Crippen LogP contribution < -0.4 is 16.0 Å². The average molecular weight is 349 g/mol. The lowest BCUT2D eigenvalue weighted by atomic mass is 9.96. The molecule has 2 aliphatic rings. The molecule has 3 N–H and O–H groups in total. The second-order valence-electron chi connectivity index (χ2n) is 7.32. The Morgan fingerprint density at radius 3 is 2.46 bits per heavy atom. The van der Waals surface area contributed by atoms with Crippen LogP contribution in [0.5, 0.6) is 0 Å². The highest BCUT2D eigenvalue weighted by Crippen LogP contribution is 2.47. The van der Waals surface area contributed by atoms with Crippen molar-refractivity contribution in [1.29, 1.82) is 0 Å². The van der Waals surface area contributed by atoms with Gasteiger partial charge in [-0.2, -0.15) is 0 Å². The third-order valence-corrected chi connectivity index (χ3v) is 5.60. The molecule has 1 aliphatic heterocycles. The summed E-state index contributed by atoms with van der Waals surface area (Å²) in [4.78, 5) is 26.2. The minimum Gasteiger partial charge on any atom is -0.369 e. The van der Waals surface area contributed by atoms with E-state index in [0.717, 1.165) is 24.1 Å². The Labute approximate surface area is 153 Å². The number of hydrogen-bond donors (Lipinski definition) is 2. The van der Waals surface area contributed by atoms with Crippen LogP contribution in [-0.4, -0.2) is 31.4 Å². The van der Waals surface area contributed by atoms with Gasteiger partial charge in [0.15, 0.2) is 0 Å². The quantitative estimate of drug-likeness (QED) is 0.837. The van der Waals surface area contributed by atoms with E-state index in [1.54, 1.807) is 0 Å². The summed E-state index contributed by atoms with van der Waals surface area (Å²) in [5, 5.41) is 3.09. The van der Waals surface area contributed by atoms with Crippen molar-refractivity contribution in [2.24, 2.45) is 5.73 Å². The summed E-state index contributed by atoms with van der Waals surface area (Å²) in [5.74, 6) is -0.716. The number of fused-ring (bicyclic) bond motifs is 1. The molecule has 2 amide bonds. The van der Waals surface area contributed by atoms with E-state index < -0.39 is 0 Å². The maximum Gasteiger partial charge on any atom is 0.239 e. The van der Waals surface area contributed by atoms with Gasteiger partial charge in [0.25, 0.3) is 0 Å². The Kier molecular flexibility index (Phi) is 4.15. The van der Waals surface area contributed by atoms with Crippen LogP contribution >= 0.6 is 0 Å². The van der Waals surface area contributed by atoms with Gasteiger partial charge in [0.05, 0.1) is 12.5 Å². The van der Waals surface area contributed by atoms with Crippen molar-refractivity contribution < 1.29 is 9.59 Å². The molecule has 4 rings (SSSR count). The highest BCUT2D eigenvalue weighted by Gasteiger charge is 2.44. The van der Waals surface area contributed by atoms with Crippen LogP contribution in [0.2, 0.25) is 0 Å². The van der Waals surface area contributed by atoms with E-state index in [0.29, 0.717) is 13.1 Å². The van der Waals surface area contributed by atoms with Gasteiger partial charge in [0.1, 0.15) is 0 Å². The van der Waals surface area contributed by atoms with Crippen LogP contribution in [0.15, 0.2) is 54.6 Å². The fourth-order valence-corrected chi connectivity index (χ4v) is 3.89. The molecule has 1 atom stereocenters. The second-order valence-corrected chi connectivity index (χ2v) is 7.32. The number of hydrogen-bond acceptors (Lipinski definition) is 3. The molecule has 5 heteroatoms. The molecule has 134 valence electrons. The monoisotopic (exact) mass is 349 g/mol. The number of nitrogens with two attached hydrogens (primary N) is 1. The molecule has 1 heterocycles. The van der Waals surface area contributed by atoms with E-state index >= 15 is 0 Å². The van der Waals surface area contributed by atoms with Gasteiger partial charge in [-0.1, -0.05) is 48.5 Å². The average Bonchev–Trinajstić information content (AvgIpc) is 3.37. The summed E-state index contributed by atoms with van der Waals surface area (Å²) in [6.45, 7) is 1.36. The Morgan fingerprint density at radius 2 is 1.77 bits per heavy atom. The summed E-state index contributed by atoms with van der Waals surface area (Å²) in [7, 11) is 0. The molecule has 0 aromatic heterocycles. The molecule has 0 radical (unpaired) electrons. The molecule has 1 aliphatic carbocycles. The lowest BCUT2D eigenvalue weighted by Gasteiger charge is -2.21. The Balaban J connectivity index is 1.40. The third-order valence-electron chi connectivity index (χ3n) is 5.60. The third kappa shape index (κ3) is 3.05. The SMILES string of the molecule is NC(=O)C1CN(CC(=O)NCC2(c3ccccc3)CC2)c2ccccc21. The zero-order chi connectivity index (χ0) is 18.1. The summed E-state index contributed by atoms with van der Waals surface area (Å²) < 4.78 is 0. The summed E-state index contributed by atoms with van der Waals surface area (Å²) in [6, 6.07) is 18.0. The largest absolute Gasteiger partial charge is 0.369 e. The Morgan fingerprint density at radius 1 is 1.08 bits per heavy atom. The zero-order valence-electron chi connectivity index (χ0n) is 14.7. The smallest absolute Gasteiger partial charge is 0.239 e. The first-order chi connectivity index (χ1) is 12.6. The predicted molar refractivity (Wildman–Crippen MR) is 101 cm³/mol. The fourth-order valence-electron chi connectivity index (χ4n) is 3.89. The molecular formula is C21H23N3O2. The molecule has 26 heavy (non-hydrogen) atoms. The van der Waals surface area contributed by atoms with Gasteiger partial charge in [-0.05, 0) is 30.0 Å². The lowest BCUT2D eigenvalue weighted by molar-refractivity contribution is -0.121. The first-order valence-electron chi connectivity index (χ1n) is 9.04. The highest BCUT2D eigenvalue weighted by atomic mass is 16.2. The van der Waals surface area contributed by atoms with E-state index in [1.165, 1.54) is 5.56 Å². The number of amides is 2. The molecular weight excluding hydrogens is 326 g/mol. The molecule has 1 unspecified atom stereocenters. The number of carbonyl (C=O) groups excluding carboxylic acids is 2. The Bertz CT molecular complexity index is 830. The van der Waals surface area contributed by atoms with E-state index in [2.05, 4.69) is 17.4 Å². The van der Waals surface area contributed by atoms with Crippen LogP contribution in [0.25, 0.3) is 0 Å². The minimum absolute atomic E-state index is 0.0212. The van der Waals surface area contributed by atoms with E-state index in [-0.39, 0.29) is 29.7 Å². The standard InChI is InChI=1S/C21H23N3O2/c22-20(26)17-12-24(18-9-5-4-8-16(17)18)13-19(25)23-14-21(10-11-21)15-6-2-1-3-7-15/h1-9,17H,10-14H2,(H2,22,26)(H,23,25). The number of para-hydroxylation sites is 1. The molecule has 1 fully saturated rings. The molecule has 2 aromatic carbocycles. The zero-order valence-corrected chi connectivity index (χ0v) is 14.7. The number of nitrogens with zero attached hydrogens (tertiary/aromatic N) is 1. The van der Waals surface area contributed by atoms with Gasteiger partial charge in [-0.15, -0.1) is 0 Å². The molecule has 0 spiro atoms. The highest BCUT2D eigenvalue weighted by molar-refractivity contribution is 5.89. The number of primary amides is 1. The molecule has 0 saturated heterocycles. The number of benzene rings is 2. The van der Waals surface area contributed by atoms with E-state index in [9.17, 15) is 9.59 Å². The van der Waals surface area contributed by atoms with Crippen molar-refractivity contribution in [3.05, 3.63) is 65.7 Å². The normalized spacial score (nSPS) is 19.7. The molecule has 0 bridgehead atoms. The maximum absolute atomic E-state index is 12.5. The van der Waals surface area contributed by atoms with Crippen LogP contribution in [0, 0.1) is 0 Å². The molecule has 5 nitrogen and oxygen atoms in total. The number of anilines is 1. The van der Waals surface area contributed by atoms with E-state index in [1.807, 2.05) is 47.4 Å². The first-order valence-corrected chi connectivity index (χ1v) is 9.04. The lowest BCUT2D eigenvalue weighted by Crippen LogP contribution is -2.40. The predicted octanol–water partition coefficient (Wildman–Crippen LogP) is 1.92. The van der Waals surface area contributed by atoms with Gasteiger partial charge in [-0.3, -0.25) is 9.59 Å². The number of nitrogens with one attached hydrogen (secondary N) is 1. The van der Waals surface area contributed by atoms with Gasteiger partial charge >= 0.3 is 0 Å². The maximum atomic E-state index is 12.5. The van der Waals surface area contributed by atoms with Crippen LogP contribution in [0.1, 0.15) is 29.9 Å². The minimum atomic E-state index is -0.349. The number of rotatable bonds is 6. The van der Waals surface area contributed by atoms with Crippen LogP contribution in [-0.2, 0) is 15.0 Å². The van der Waals surface area contributed by atoms with Crippen molar-refractivity contribution in [3.8, 4) is 0 Å². The fraction of sp³-hybridized carbons (Fsp3) is 0.333. The van der Waals surface area contributed by atoms with Gasteiger partial charge in [0, 0.05) is 24.2 Å². The first kappa shape index (κ1) is 16.6. The van der Waals surface area contributed by atoms with Crippen molar-refractivity contribution in [2.75, 3.05) is 24.5 Å². The molecule has 2 aromatic rings.